The van der Waals surface area contributed by atoms with Crippen molar-refractivity contribution in [3.05, 3.63) is 34.6 Å². The number of benzene rings is 1. The van der Waals surface area contributed by atoms with Crippen LogP contribution in [-0.2, 0) is 6.54 Å². The molecule has 0 unspecified atom stereocenters. The van der Waals surface area contributed by atoms with E-state index < -0.39 is 5.60 Å². The molecular weight excluding hydrogens is 241 g/mol. The van der Waals surface area contributed by atoms with Crippen molar-refractivity contribution in [2.24, 2.45) is 0 Å². The number of hydrogen-bond acceptors (Lipinski definition) is 2. The van der Waals surface area contributed by atoms with Gasteiger partial charge >= 0.3 is 0 Å². The van der Waals surface area contributed by atoms with E-state index in [0.717, 1.165) is 31.5 Å². The van der Waals surface area contributed by atoms with Crippen LogP contribution in [-0.4, -0.2) is 28.7 Å². The van der Waals surface area contributed by atoms with Crippen molar-refractivity contribution in [3.8, 4) is 0 Å². The van der Waals surface area contributed by atoms with Crippen LogP contribution in [0.25, 0.3) is 0 Å². The number of nitrogens with zero attached hydrogens (tertiary/aromatic N) is 1. The average molecular weight is 258 g/mol. The Bertz CT molecular complexity index is 398. The van der Waals surface area contributed by atoms with Gasteiger partial charge in [0, 0.05) is 19.6 Å². The maximum atomic E-state index is 13.3. The van der Waals surface area contributed by atoms with E-state index in [4.69, 9.17) is 11.6 Å². The molecule has 1 aromatic carbocycles. The predicted octanol–water partition coefficient (Wildman–Crippen LogP) is 2.83. The van der Waals surface area contributed by atoms with Gasteiger partial charge in [0.2, 0.25) is 0 Å². The van der Waals surface area contributed by atoms with Crippen LogP contribution < -0.4 is 0 Å². The second kappa shape index (κ2) is 4.92. The molecule has 0 saturated carbocycles. The van der Waals surface area contributed by atoms with Gasteiger partial charge in [-0.15, -0.1) is 0 Å². The standard InChI is InChI=1S/C13H17ClFNO/c1-13(17)4-6-16(7-5-13)9-10-2-3-11(14)12(15)8-10/h2-3,8,17H,4-7,9H2,1H3. The number of likely N-dealkylation sites (tertiary alicyclic amines) is 1. The van der Waals surface area contributed by atoms with E-state index in [-0.39, 0.29) is 10.8 Å². The zero-order valence-corrected chi connectivity index (χ0v) is 10.7. The topological polar surface area (TPSA) is 23.5 Å². The van der Waals surface area contributed by atoms with Crippen molar-refractivity contribution in [3.63, 3.8) is 0 Å². The molecule has 0 spiro atoms. The van der Waals surface area contributed by atoms with E-state index in [2.05, 4.69) is 4.90 Å². The third kappa shape index (κ3) is 3.41. The molecule has 0 amide bonds. The zero-order chi connectivity index (χ0) is 12.5. The Balaban J connectivity index is 1.95. The molecule has 1 aliphatic heterocycles. The lowest BCUT2D eigenvalue weighted by Gasteiger charge is -2.35. The largest absolute Gasteiger partial charge is 0.390 e. The summed E-state index contributed by atoms with van der Waals surface area (Å²) < 4.78 is 13.3. The summed E-state index contributed by atoms with van der Waals surface area (Å²) in [6, 6.07) is 4.92. The summed E-state index contributed by atoms with van der Waals surface area (Å²) in [7, 11) is 0. The quantitative estimate of drug-likeness (QED) is 0.881. The highest BCUT2D eigenvalue weighted by Gasteiger charge is 2.27. The van der Waals surface area contributed by atoms with Gasteiger partial charge in [-0.25, -0.2) is 4.39 Å². The number of halogens is 2. The fourth-order valence-electron chi connectivity index (χ4n) is 2.09. The lowest BCUT2D eigenvalue weighted by molar-refractivity contribution is -0.00731. The number of piperidine rings is 1. The second-order valence-electron chi connectivity index (χ2n) is 5.02. The SMILES string of the molecule is CC1(O)CCN(Cc2ccc(Cl)c(F)c2)CC1. The Morgan fingerprint density at radius 1 is 1.41 bits per heavy atom. The third-order valence-electron chi connectivity index (χ3n) is 3.32. The molecule has 0 radical (unpaired) electrons. The van der Waals surface area contributed by atoms with Crippen LogP contribution >= 0.6 is 11.6 Å². The van der Waals surface area contributed by atoms with Crippen molar-refractivity contribution in [1.82, 2.24) is 4.90 Å². The predicted molar refractivity (Wildman–Crippen MR) is 66.5 cm³/mol. The molecule has 4 heteroatoms. The maximum Gasteiger partial charge on any atom is 0.142 e. The van der Waals surface area contributed by atoms with E-state index >= 15 is 0 Å². The summed E-state index contributed by atoms with van der Waals surface area (Å²) in [5.74, 6) is -0.367. The van der Waals surface area contributed by atoms with Gasteiger partial charge in [-0.1, -0.05) is 17.7 Å². The molecule has 0 aromatic heterocycles. The number of hydrogen-bond donors (Lipinski definition) is 1. The lowest BCUT2D eigenvalue weighted by atomic mass is 9.93. The lowest BCUT2D eigenvalue weighted by Crippen LogP contribution is -2.41. The van der Waals surface area contributed by atoms with Crippen LogP contribution in [0.15, 0.2) is 18.2 Å². The van der Waals surface area contributed by atoms with Gasteiger partial charge in [-0.05, 0) is 37.5 Å². The third-order valence-corrected chi connectivity index (χ3v) is 3.63. The average Bonchev–Trinajstić information content (AvgIpc) is 2.27. The van der Waals surface area contributed by atoms with Gasteiger partial charge in [0.15, 0.2) is 0 Å². The molecule has 17 heavy (non-hydrogen) atoms. The molecule has 1 aromatic rings. The van der Waals surface area contributed by atoms with Gasteiger partial charge in [0.1, 0.15) is 5.82 Å². The smallest absolute Gasteiger partial charge is 0.142 e. The van der Waals surface area contributed by atoms with Crippen LogP contribution in [0, 0.1) is 5.82 Å². The molecule has 94 valence electrons. The van der Waals surface area contributed by atoms with Crippen LogP contribution in [0.3, 0.4) is 0 Å². The van der Waals surface area contributed by atoms with Crippen LogP contribution in [0.4, 0.5) is 4.39 Å². The molecule has 2 rings (SSSR count). The monoisotopic (exact) mass is 257 g/mol. The first kappa shape index (κ1) is 12.8. The minimum absolute atomic E-state index is 0.162. The number of rotatable bonds is 2. The van der Waals surface area contributed by atoms with Gasteiger partial charge in [0.05, 0.1) is 10.6 Å². The van der Waals surface area contributed by atoms with Gasteiger partial charge < -0.3 is 5.11 Å². The Hall–Kier alpha value is -0.640. The highest BCUT2D eigenvalue weighted by molar-refractivity contribution is 6.30. The minimum atomic E-state index is -0.540. The first-order chi connectivity index (χ1) is 7.96. The molecule has 1 aliphatic rings. The van der Waals surface area contributed by atoms with Crippen molar-refractivity contribution < 1.29 is 9.50 Å². The molecule has 0 bridgehead atoms. The van der Waals surface area contributed by atoms with Crippen molar-refractivity contribution in [1.29, 1.82) is 0 Å². The van der Waals surface area contributed by atoms with Gasteiger partial charge in [0.25, 0.3) is 0 Å². The van der Waals surface area contributed by atoms with Crippen molar-refractivity contribution in [2.75, 3.05) is 13.1 Å². The van der Waals surface area contributed by atoms with E-state index in [1.54, 1.807) is 6.07 Å². The fourth-order valence-corrected chi connectivity index (χ4v) is 2.21. The molecule has 1 heterocycles. The Morgan fingerprint density at radius 3 is 2.65 bits per heavy atom. The Kier molecular flexibility index (Phi) is 3.71. The molecule has 0 atom stereocenters. The van der Waals surface area contributed by atoms with Crippen LogP contribution in [0.1, 0.15) is 25.3 Å². The first-order valence-corrected chi connectivity index (χ1v) is 6.23. The minimum Gasteiger partial charge on any atom is -0.390 e. The van der Waals surface area contributed by atoms with Crippen molar-refractivity contribution >= 4 is 11.6 Å². The number of aliphatic hydroxyl groups is 1. The van der Waals surface area contributed by atoms with Gasteiger partial charge in [-0.2, -0.15) is 0 Å². The Labute approximate surface area is 106 Å². The highest BCUT2D eigenvalue weighted by atomic mass is 35.5. The summed E-state index contributed by atoms with van der Waals surface area (Å²) in [4.78, 5) is 2.22. The van der Waals surface area contributed by atoms with Gasteiger partial charge in [-0.3, -0.25) is 4.90 Å². The zero-order valence-electron chi connectivity index (χ0n) is 9.92. The summed E-state index contributed by atoms with van der Waals surface area (Å²) >= 11 is 5.64. The summed E-state index contributed by atoms with van der Waals surface area (Å²) in [6.07, 6.45) is 1.53. The summed E-state index contributed by atoms with van der Waals surface area (Å²) in [5, 5.41) is 10.00. The normalized spacial score (nSPS) is 20.5. The van der Waals surface area contributed by atoms with E-state index in [9.17, 15) is 9.50 Å². The first-order valence-electron chi connectivity index (χ1n) is 5.85. The van der Waals surface area contributed by atoms with E-state index in [1.807, 2.05) is 13.0 Å². The molecule has 2 nitrogen and oxygen atoms in total. The molecule has 1 N–H and O–H groups in total. The summed E-state index contributed by atoms with van der Waals surface area (Å²) in [5.41, 5.74) is 0.385. The molecular formula is C13H17ClFNO. The van der Waals surface area contributed by atoms with Crippen LogP contribution in [0.5, 0.6) is 0 Å². The van der Waals surface area contributed by atoms with E-state index in [1.165, 1.54) is 6.07 Å². The second-order valence-corrected chi connectivity index (χ2v) is 5.43. The Morgan fingerprint density at radius 2 is 2.06 bits per heavy atom. The van der Waals surface area contributed by atoms with E-state index in [0.29, 0.717) is 6.54 Å². The highest BCUT2D eigenvalue weighted by Crippen LogP contribution is 2.23. The fraction of sp³-hybridized carbons (Fsp3) is 0.538. The van der Waals surface area contributed by atoms with Crippen LogP contribution in [0.2, 0.25) is 5.02 Å². The van der Waals surface area contributed by atoms with Crippen molar-refractivity contribution in [2.45, 2.75) is 31.9 Å². The molecule has 1 fully saturated rings. The summed E-state index contributed by atoms with van der Waals surface area (Å²) in [6.45, 7) is 4.27. The molecule has 0 aliphatic carbocycles. The molecule has 1 saturated heterocycles. The maximum absolute atomic E-state index is 13.3.